The van der Waals surface area contributed by atoms with Gasteiger partial charge in [0.05, 0.1) is 41.4 Å². The number of para-hydroxylation sites is 1. The maximum Gasteiger partial charge on any atom is 0.259 e. The van der Waals surface area contributed by atoms with Crippen molar-refractivity contribution < 1.29 is 27.9 Å². The van der Waals surface area contributed by atoms with Crippen LogP contribution in [0.15, 0.2) is 47.1 Å². The zero-order valence-electron chi connectivity index (χ0n) is 27.3. The van der Waals surface area contributed by atoms with Crippen LogP contribution in [0.25, 0.3) is 11.0 Å². The van der Waals surface area contributed by atoms with E-state index in [0.29, 0.717) is 41.8 Å². The quantitative estimate of drug-likeness (QED) is 0.289. The van der Waals surface area contributed by atoms with Crippen LogP contribution in [0.2, 0.25) is 5.02 Å². The number of anilines is 1. The molecule has 1 aromatic heterocycles. The van der Waals surface area contributed by atoms with E-state index in [1.54, 1.807) is 18.2 Å². The van der Waals surface area contributed by atoms with Crippen molar-refractivity contribution in [1.82, 2.24) is 14.7 Å². The van der Waals surface area contributed by atoms with E-state index in [1.165, 1.54) is 18.4 Å². The van der Waals surface area contributed by atoms with E-state index in [0.717, 1.165) is 51.5 Å². The molecular weight excluding hydrogens is 623 g/mol. The first kappa shape index (κ1) is 33.6. The third-order valence-electron chi connectivity index (χ3n) is 10.5. The zero-order valence-corrected chi connectivity index (χ0v) is 28.0. The number of furan rings is 1. The summed E-state index contributed by atoms with van der Waals surface area (Å²) in [5, 5.41) is 3.46. The highest BCUT2D eigenvalue weighted by molar-refractivity contribution is 6.34. The molecule has 9 nitrogen and oxygen atoms in total. The van der Waals surface area contributed by atoms with E-state index in [9.17, 15) is 14.4 Å². The highest BCUT2D eigenvalue weighted by atomic mass is 35.5. The smallest absolute Gasteiger partial charge is 0.259 e. The van der Waals surface area contributed by atoms with Gasteiger partial charge in [-0.15, -0.1) is 0 Å². The number of carbonyl (C=O) groups excluding carboxylic acids is 3. The fraction of sp³-hybridized carbons (Fsp3) is 0.528. The third kappa shape index (κ3) is 7.41. The van der Waals surface area contributed by atoms with Crippen molar-refractivity contribution in [3.05, 3.63) is 64.6 Å². The summed E-state index contributed by atoms with van der Waals surface area (Å²) in [6, 6.07) is 10.6. The summed E-state index contributed by atoms with van der Waals surface area (Å²) in [4.78, 5) is 44.8. The largest absolute Gasteiger partial charge is 0.463 e. The van der Waals surface area contributed by atoms with Gasteiger partial charge in [0.1, 0.15) is 23.9 Å². The van der Waals surface area contributed by atoms with Crippen LogP contribution >= 0.6 is 11.6 Å². The molecule has 4 atom stereocenters. The zero-order chi connectivity index (χ0) is 33.2. The van der Waals surface area contributed by atoms with E-state index in [1.807, 2.05) is 11.0 Å². The first-order valence-corrected chi connectivity index (χ1v) is 17.1. The molecule has 252 valence electrons. The summed E-state index contributed by atoms with van der Waals surface area (Å²) >= 11 is 6.53. The molecule has 2 amide bonds. The number of ether oxygens (including phenoxy) is 1. The molecule has 3 aliphatic rings. The summed E-state index contributed by atoms with van der Waals surface area (Å²) < 4.78 is 27.3. The summed E-state index contributed by atoms with van der Waals surface area (Å²) in [6.07, 6.45) is 6.45. The number of hydrogen-bond acceptors (Lipinski definition) is 7. The molecule has 1 N–H and O–H groups in total. The number of piperazine rings is 1. The lowest BCUT2D eigenvalue weighted by atomic mass is 9.88. The fourth-order valence-corrected chi connectivity index (χ4v) is 7.66. The van der Waals surface area contributed by atoms with Crippen molar-refractivity contribution in [1.29, 1.82) is 0 Å². The standard InChI is InChI=1S/C36H44ClFN4O5/c1-22-16-41(17-23(2)40(22)3)26-14-27(20-46-28-10-8-24(19-43)9-11-28)42(18-26)35(44)13-25-12-31(37)33(15-32(25)38)39-36(45)30-21-47-34-7-5-4-6-29(30)34/h4-7,12,15,19,21-24,26-28H,8-11,13-14,16-18,20H2,1-3H3,(H,39,45)/t22-,23+,24-,26-,27-,28-/m0/s1. The number of rotatable bonds is 9. The van der Waals surface area contributed by atoms with Gasteiger partial charge in [0.15, 0.2) is 0 Å². The van der Waals surface area contributed by atoms with E-state index >= 15 is 4.39 Å². The Bertz CT molecular complexity index is 1600. The Morgan fingerprint density at radius 2 is 1.81 bits per heavy atom. The minimum atomic E-state index is -0.618. The third-order valence-corrected chi connectivity index (χ3v) is 10.8. The molecule has 11 heteroatoms. The van der Waals surface area contributed by atoms with Gasteiger partial charge in [0.2, 0.25) is 5.91 Å². The molecule has 2 aromatic carbocycles. The lowest BCUT2D eigenvalue weighted by Crippen LogP contribution is -2.58. The minimum absolute atomic E-state index is 0.0740. The van der Waals surface area contributed by atoms with Gasteiger partial charge in [-0.3, -0.25) is 19.4 Å². The van der Waals surface area contributed by atoms with E-state index in [4.69, 9.17) is 20.8 Å². The lowest BCUT2D eigenvalue weighted by Gasteiger charge is -2.44. The van der Waals surface area contributed by atoms with Gasteiger partial charge in [0, 0.05) is 49.1 Å². The van der Waals surface area contributed by atoms with Gasteiger partial charge in [0.25, 0.3) is 5.91 Å². The SMILES string of the molecule is C[C@@H]1CN([C@H]2C[C@@H](CO[C@H]3CC[C@H](C=O)CC3)N(C(=O)Cc3cc(Cl)c(NC(=O)c4coc5ccccc45)cc3F)C2)C[C@H](C)N1C. The average molecular weight is 667 g/mol. The molecule has 3 aromatic rings. The molecule has 47 heavy (non-hydrogen) atoms. The molecule has 1 aliphatic carbocycles. The number of likely N-dealkylation sites (N-methyl/N-ethyl adjacent to an activating group) is 1. The van der Waals surface area contributed by atoms with Crippen LogP contribution in [0.4, 0.5) is 10.1 Å². The van der Waals surface area contributed by atoms with Crippen molar-refractivity contribution in [2.24, 2.45) is 5.92 Å². The summed E-state index contributed by atoms with van der Waals surface area (Å²) in [6.45, 7) is 7.26. The molecule has 0 spiro atoms. The summed E-state index contributed by atoms with van der Waals surface area (Å²) in [5.74, 6) is -1.17. The second-order valence-corrected chi connectivity index (χ2v) is 14.0. The van der Waals surface area contributed by atoms with Crippen molar-refractivity contribution in [3.63, 3.8) is 0 Å². The molecule has 0 unspecified atom stereocenters. The van der Waals surface area contributed by atoms with Crippen molar-refractivity contribution in [2.75, 3.05) is 38.6 Å². The number of benzene rings is 2. The molecule has 1 saturated carbocycles. The van der Waals surface area contributed by atoms with E-state index < -0.39 is 11.7 Å². The first-order chi connectivity index (χ1) is 22.6. The van der Waals surface area contributed by atoms with Crippen LogP contribution in [0.3, 0.4) is 0 Å². The Hall–Kier alpha value is -3.31. The Kier molecular flexibility index (Phi) is 10.3. The van der Waals surface area contributed by atoms with Crippen LogP contribution in [0.1, 0.15) is 61.9 Å². The Morgan fingerprint density at radius 1 is 1.09 bits per heavy atom. The lowest BCUT2D eigenvalue weighted by molar-refractivity contribution is -0.133. The van der Waals surface area contributed by atoms with Gasteiger partial charge in [-0.25, -0.2) is 4.39 Å². The van der Waals surface area contributed by atoms with Gasteiger partial charge >= 0.3 is 0 Å². The van der Waals surface area contributed by atoms with E-state index in [2.05, 4.69) is 36.0 Å². The number of likely N-dealkylation sites (tertiary alicyclic amines) is 1. The number of fused-ring (bicyclic) bond motifs is 1. The number of aldehydes is 1. The van der Waals surface area contributed by atoms with Crippen LogP contribution in [-0.2, 0) is 20.7 Å². The van der Waals surface area contributed by atoms with Crippen LogP contribution in [0.5, 0.6) is 0 Å². The van der Waals surface area contributed by atoms with Gasteiger partial charge < -0.3 is 24.2 Å². The average Bonchev–Trinajstić information content (AvgIpc) is 3.70. The van der Waals surface area contributed by atoms with Crippen LogP contribution in [0, 0.1) is 11.7 Å². The highest BCUT2D eigenvalue weighted by Crippen LogP contribution is 2.32. The number of hydrogen-bond donors (Lipinski definition) is 1. The van der Waals surface area contributed by atoms with Crippen LogP contribution in [-0.4, -0.2) is 96.4 Å². The first-order valence-electron chi connectivity index (χ1n) is 16.7. The minimum Gasteiger partial charge on any atom is -0.463 e. The van der Waals surface area contributed by atoms with Crippen molar-refractivity contribution >= 4 is 46.4 Å². The van der Waals surface area contributed by atoms with Gasteiger partial charge in [-0.2, -0.15) is 0 Å². The molecule has 6 rings (SSSR count). The topological polar surface area (TPSA) is 95.3 Å². The molecule has 2 aliphatic heterocycles. The number of amides is 2. The Balaban J connectivity index is 1.14. The number of carbonyl (C=O) groups is 3. The number of nitrogens with one attached hydrogen (secondary N) is 1. The predicted molar refractivity (Wildman–Crippen MR) is 179 cm³/mol. The molecule has 3 heterocycles. The highest BCUT2D eigenvalue weighted by Gasteiger charge is 2.41. The van der Waals surface area contributed by atoms with Gasteiger partial charge in [-0.05, 0) is 76.8 Å². The molecule has 3 fully saturated rings. The maximum atomic E-state index is 15.5. The fourth-order valence-electron chi connectivity index (χ4n) is 7.43. The maximum absolute atomic E-state index is 15.5. The van der Waals surface area contributed by atoms with Crippen molar-refractivity contribution in [3.8, 4) is 0 Å². The summed E-state index contributed by atoms with van der Waals surface area (Å²) in [7, 11) is 2.16. The van der Waals surface area contributed by atoms with Gasteiger partial charge in [-0.1, -0.05) is 29.8 Å². The Labute approximate surface area is 280 Å². The predicted octanol–water partition coefficient (Wildman–Crippen LogP) is 5.79. The van der Waals surface area contributed by atoms with Crippen LogP contribution < -0.4 is 5.32 Å². The Morgan fingerprint density at radius 3 is 2.53 bits per heavy atom. The molecular formula is C36H44ClFN4O5. The monoisotopic (exact) mass is 666 g/mol. The second-order valence-electron chi connectivity index (χ2n) is 13.6. The number of halogens is 2. The second kappa shape index (κ2) is 14.4. The van der Waals surface area contributed by atoms with Crippen molar-refractivity contribution in [2.45, 2.75) is 82.6 Å². The van der Waals surface area contributed by atoms with E-state index in [-0.39, 0.29) is 52.7 Å². The molecule has 0 radical (unpaired) electrons. The summed E-state index contributed by atoms with van der Waals surface area (Å²) in [5.41, 5.74) is 1.17. The molecule has 2 saturated heterocycles. The molecule has 0 bridgehead atoms. The number of nitrogens with zero attached hydrogens (tertiary/aromatic N) is 3. The normalized spacial score (nSPS) is 27.3.